The molecule has 1 N–H and O–H groups in total. The van der Waals surface area contributed by atoms with Gasteiger partial charge in [-0.25, -0.2) is 0 Å². The van der Waals surface area contributed by atoms with Crippen molar-refractivity contribution < 1.29 is 9.90 Å². The third-order valence-corrected chi connectivity index (χ3v) is 4.24. The molecule has 1 aromatic heterocycles. The predicted octanol–water partition coefficient (Wildman–Crippen LogP) is 3.47. The van der Waals surface area contributed by atoms with E-state index in [-0.39, 0.29) is 0 Å². The average molecular weight is 277 g/mol. The fraction of sp³-hybridized carbons (Fsp3) is 0.500. The maximum Gasteiger partial charge on any atom is 0.309 e. The van der Waals surface area contributed by atoms with Crippen LogP contribution in [0.2, 0.25) is 0 Å². The minimum absolute atomic E-state index is 0.583. The maximum atomic E-state index is 10.9. The minimum Gasteiger partial charge on any atom is -0.481 e. The maximum absolute atomic E-state index is 10.9. The lowest BCUT2D eigenvalue weighted by atomic mass is 9.89. The molecule has 1 rings (SSSR count). The monoisotopic (exact) mass is 276 g/mol. The third-order valence-electron chi connectivity index (χ3n) is 2.10. The summed E-state index contributed by atoms with van der Waals surface area (Å²) in [6.07, 6.45) is 0.583. The predicted molar refractivity (Wildman–Crippen MR) is 61.9 cm³/mol. The molecule has 1 heterocycles. The van der Waals surface area contributed by atoms with Gasteiger partial charge in [0.05, 0.1) is 5.41 Å². The lowest BCUT2D eigenvalue weighted by molar-refractivity contribution is -0.146. The summed E-state index contributed by atoms with van der Waals surface area (Å²) < 4.78 is 1.07. The highest BCUT2D eigenvalue weighted by atomic mass is 79.9. The Kier molecular flexibility index (Phi) is 3.37. The highest BCUT2D eigenvalue weighted by Gasteiger charge is 2.28. The number of aliphatic carboxylic acids is 1. The molecule has 4 heteroatoms. The molecule has 14 heavy (non-hydrogen) atoms. The zero-order valence-electron chi connectivity index (χ0n) is 8.43. The number of hydrogen-bond donors (Lipinski definition) is 1. The molecule has 0 radical (unpaired) electrons. The Morgan fingerprint density at radius 1 is 1.64 bits per heavy atom. The lowest BCUT2D eigenvalue weighted by Gasteiger charge is -2.17. The van der Waals surface area contributed by atoms with Crippen molar-refractivity contribution in [1.82, 2.24) is 0 Å². The Morgan fingerprint density at radius 3 is 2.57 bits per heavy atom. The molecular weight excluding hydrogens is 264 g/mol. The molecule has 0 bridgehead atoms. The van der Waals surface area contributed by atoms with E-state index in [1.807, 2.05) is 13.0 Å². The first-order valence-electron chi connectivity index (χ1n) is 4.31. The topological polar surface area (TPSA) is 37.3 Å². The van der Waals surface area contributed by atoms with Crippen LogP contribution in [-0.2, 0) is 11.2 Å². The SMILES string of the molecule is Cc1sc(CC(C)(C)C(=O)O)cc1Br. The number of aryl methyl sites for hydroxylation is 1. The van der Waals surface area contributed by atoms with E-state index in [1.54, 1.807) is 25.2 Å². The van der Waals surface area contributed by atoms with Gasteiger partial charge in [-0.15, -0.1) is 11.3 Å². The molecule has 2 nitrogen and oxygen atoms in total. The van der Waals surface area contributed by atoms with Gasteiger partial charge in [0.1, 0.15) is 0 Å². The molecule has 1 aromatic rings. The second-order valence-corrected chi connectivity index (χ2v) is 6.18. The van der Waals surface area contributed by atoms with Crippen LogP contribution in [0.15, 0.2) is 10.5 Å². The van der Waals surface area contributed by atoms with E-state index in [0.717, 1.165) is 9.35 Å². The second kappa shape index (κ2) is 4.03. The Labute approximate surface area is 96.1 Å². The van der Waals surface area contributed by atoms with Crippen LogP contribution in [0.5, 0.6) is 0 Å². The smallest absolute Gasteiger partial charge is 0.309 e. The fourth-order valence-corrected chi connectivity index (χ4v) is 2.95. The Morgan fingerprint density at radius 2 is 2.21 bits per heavy atom. The van der Waals surface area contributed by atoms with Crippen LogP contribution in [-0.4, -0.2) is 11.1 Å². The lowest BCUT2D eigenvalue weighted by Crippen LogP contribution is -2.25. The van der Waals surface area contributed by atoms with Crippen molar-refractivity contribution in [3.63, 3.8) is 0 Å². The molecule has 0 aliphatic heterocycles. The molecule has 0 atom stereocenters. The average Bonchev–Trinajstić information content (AvgIpc) is 2.29. The molecule has 0 fully saturated rings. The largest absolute Gasteiger partial charge is 0.481 e. The number of rotatable bonds is 3. The molecular formula is C10H13BrO2S. The first kappa shape index (κ1) is 11.7. The fourth-order valence-electron chi connectivity index (χ4n) is 1.12. The molecule has 0 aromatic carbocycles. The highest BCUT2D eigenvalue weighted by Crippen LogP contribution is 2.31. The van der Waals surface area contributed by atoms with Gasteiger partial charge < -0.3 is 5.11 Å². The van der Waals surface area contributed by atoms with E-state index < -0.39 is 11.4 Å². The molecule has 0 spiro atoms. The van der Waals surface area contributed by atoms with Gasteiger partial charge in [0.2, 0.25) is 0 Å². The first-order chi connectivity index (χ1) is 6.33. The molecule has 78 valence electrons. The molecule has 0 unspecified atom stereocenters. The van der Waals surface area contributed by atoms with Gasteiger partial charge in [-0.3, -0.25) is 4.79 Å². The zero-order valence-corrected chi connectivity index (χ0v) is 10.8. The second-order valence-electron chi connectivity index (χ2n) is 3.98. The van der Waals surface area contributed by atoms with Gasteiger partial charge in [0.15, 0.2) is 0 Å². The summed E-state index contributed by atoms with van der Waals surface area (Å²) in [7, 11) is 0. The number of halogens is 1. The molecule has 0 aliphatic carbocycles. The summed E-state index contributed by atoms with van der Waals surface area (Å²) in [4.78, 5) is 13.2. The Bertz CT molecular complexity index is 336. The number of carbonyl (C=O) groups is 1. The van der Waals surface area contributed by atoms with E-state index in [1.165, 1.54) is 4.88 Å². The highest BCUT2D eigenvalue weighted by molar-refractivity contribution is 9.10. The molecule has 0 aliphatic rings. The summed E-state index contributed by atoms with van der Waals surface area (Å²) in [6, 6.07) is 2.00. The van der Waals surface area contributed by atoms with Crippen LogP contribution in [0.3, 0.4) is 0 Å². The van der Waals surface area contributed by atoms with Crippen molar-refractivity contribution >= 4 is 33.2 Å². The quantitative estimate of drug-likeness (QED) is 0.918. The summed E-state index contributed by atoms with van der Waals surface area (Å²) in [5.41, 5.74) is -0.684. The zero-order chi connectivity index (χ0) is 10.9. The standard InChI is InChI=1S/C10H13BrO2S/c1-6-8(11)4-7(14-6)5-10(2,3)9(12)13/h4H,5H2,1-3H3,(H,12,13). The van der Waals surface area contributed by atoms with Crippen molar-refractivity contribution in [3.8, 4) is 0 Å². The Hall–Kier alpha value is -0.350. The summed E-state index contributed by atoms with van der Waals surface area (Å²) in [6.45, 7) is 5.52. The molecule has 0 saturated heterocycles. The van der Waals surface area contributed by atoms with Crippen molar-refractivity contribution in [1.29, 1.82) is 0 Å². The van der Waals surface area contributed by atoms with Gasteiger partial charge in [-0.2, -0.15) is 0 Å². The number of carboxylic acid groups (broad SMARTS) is 1. The third kappa shape index (κ3) is 2.58. The van der Waals surface area contributed by atoms with Gasteiger partial charge >= 0.3 is 5.97 Å². The van der Waals surface area contributed by atoms with Crippen molar-refractivity contribution in [2.75, 3.05) is 0 Å². The van der Waals surface area contributed by atoms with Gasteiger partial charge in [-0.1, -0.05) is 0 Å². The van der Waals surface area contributed by atoms with E-state index >= 15 is 0 Å². The summed E-state index contributed by atoms with van der Waals surface area (Å²) >= 11 is 5.07. The molecule has 0 saturated carbocycles. The van der Waals surface area contributed by atoms with Gasteiger partial charge in [0.25, 0.3) is 0 Å². The van der Waals surface area contributed by atoms with Crippen LogP contribution >= 0.6 is 27.3 Å². The van der Waals surface area contributed by atoms with E-state index in [0.29, 0.717) is 6.42 Å². The number of carboxylic acids is 1. The van der Waals surface area contributed by atoms with Crippen molar-refractivity contribution in [2.45, 2.75) is 27.2 Å². The van der Waals surface area contributed by atoms with Crippen LogP contribution in [0.25, 0.3) is 0 Å². The van der Waals surface area contributed by atoms with E-state index in [9.17, 15) is 4.79 Å². The number of thiophene rings is 1. The van der Waals surface area contributed by atoms with Crippen molar-refractivity contribution in [2.24, 2.45) is 5.41 Å². The van der Waals surface area contributed by atoms with Crippen LogP contribution in [0, 0.1) is 12.3 Å². The van der Waals surface area contributed by atoms with Crippen LogP contribution < -0.4 is 0 Å². The van der Waals surface area contributed by atoms with Crippen LogP contribution in [0.4, 0.5) is 0 Å². The number of hydrogen-bond acceptors (Lipinski definition) is 2. The Balaban J connectivity index is 2.84. The summed E-state index contributed by atoms with van der Waals surface area (Å²) in [5, 5.41) is 8.97. The van der Waals surface area contributed by atoms with Crippen LogP contribution in [0.1, 0.15) is 23.6 Å². The minimum atomic E-state index is -0.750. The normalized spacial score (nSPS) is 11.7. The summed E-state index contributed by atoms with van der Waals surface area (Å²) in [5.74, 6) is -0.750. The molecule has 0 amide bonds. The van der Waals surface area contributed by atoms with E-state index in [2.05, 4.69) is 15.9 Å². The van der Waals surface area contributed by atoms with Crippen molar-refractivity contribution in [3.05, 3.63) is 20.3 Å². The first-order valence-corrected chi connectivity index (χ1v) is 5.92. The van der Waals surface area contributed by atoms with E-state index in [4.69, 9.17) is 5.11 Å². The van der Waals surface area contributed by atoms with Gasteiger partial charge in [-0.05, 0) is 49.2 Å². The van der Waals surface area contributed by atoms with Gasteiger partial charge in [0, 0.05) is 14.2 Å².